The van der Waals surface area contributed by atoms with Gasteiger partial charge in [-0.05, 0) is 61.7 Å². The molecule has 1 N–H and O–H groups in total. The molecular weight excluding hydrogens is 384 g/mol. The molecule has 156 valence electrons. The van der Waals surface area contributed by atoms with E-state index in [0.29, 0.717) is 29.5 Å². The van der Waals surface area contributed by atoms with Gasteiger partial charge in [0.25, 0.3) is 0 Å². The molecule has 3 aromatic rings. The number of aliphatic carboxylic acids is 1. The molecule has 0 aliphatic heterocycles. The van der Waals surface area contributed by atoms with Crippen molar-refractivity contribution in [2.75, 3.05) is 6.61 Å². The SMILES string of the molecule is CC/C(=N\OCc1nc(-c2ccccc2)oc1C)c1ccc(OCC(=O)O)c(C)c1. The lowest BCUT2D eigenvalue weighted by Gasteiger charge is -2.10. The van der Waals surface area contributed by atoms with Gasteiger partial charge in [-0.15, -0.1) is 0 Å². The molecule has 1 heterocycles. The summed E-state index contributed by atoms with van der Waals surface area (Å²) < 4.78 is 11.0. The van der Waals surface area contributed by atoms with E-state index in [1.54, 1.807) is 6.07 Å². The lowest BCUT2D eigenvalue weighted by molar-refractivity contribution is -0.139. The molecule has 0 radical (unpaired) electrons. The normalized spacial score (nSPS) is 11.4. The quantitative estimate of drug-likeness (QED) is 0.405. The Morgan fingerprint density at radius 2 is 1.93 bits per heavy atom. The van der Waals surface area contributed by atoms with E-state index >= 15 is 0 Å². The number of aromatic nitrogens is 1. The van der Waals surface area contributed by atoms with Crippen LogP contribution in [-0.4, -0.2) is 28.4 Å². The van der Waals surface area contributed by atoms with Crippen molar-refractivity contribution in [1.82, 2.24) is 4.98 Å². The number of hydrogen-bond acceptors (Lipinski definition) is 6. The van der Waals surface area contributed by atoms with E-state index in [1.807, 2.05) is 63.2 Å². The maximum Gasteiger partial charge on any atom is 0.341 e. The van der Waals surface area contributed by atoms with Crippen molar-refractivity contribution in [2.24, 2.45) is 5.16 Å². The number of nitrogens with zero attached hydrogens (tertiary/aromatic N) is 2. The summed E-state index contributed by atoms with van der Waals surface area (Å²) in [6.45, 7) is 5.52. The zero-order valence-electron chi connectivity index (χ0n) is 17.2. The van der Waals surface area contributed by atoms with Gasteiger partial charge in [-0.3, -0.25) is 0 Å². The van der Waals surface area contributed by atoms with Crippen molar-refractivity contribution in [1.29, 1.82) is 0 Å². The highest BCUT2D eigenvalue weighted by Gasteiger charge is 2.12. The topological polar surface area (TPSA) is 94.2 Å². The number of oxazole rings is 1. The van der Waals surface area contributed by atoms with Crippen LogP contribution in [0.25, 0.3) is 11.5 Å². The number of ether oxygens (including phenoxy) is 1. The fraction of sp³-hybridized carbons (Fsp3) is 0.261. The minimum atomic E-state index is -1.01. The average molecular weight is 408 g/mol. The third-order valence-electron chi connectivity index (χ3n) is 4.48. The predicted octanol–water partition coefficient (Wildman–Crippen LogP) is 4.75. The van der Waals surface area contributed by atoms with Gasteiger partial charge in [0, 0.05) is 5.56 Å². The molecule has 0 saturated heterocycles. The molecule has 0 fully saturated rings. The van der Waals surface area contributed by atoms with Crippen LogP contribution in [0.2, 0.25) is 0 Å². The van der Waals surface area contributed by atoms with Crippen molar-refractivity contribution >= 4 is 11.7 Å². The summed E-state index contributed by atoms with van der Waals surface area (Å²) in [5, 5.41) is 13.0. The Morgan fingerprint density at radius 1 is 1.17 bits per heavy atom. The number of hydrogen-bond donors (Lipinski definition) is 1. The number of benzene rings is 2. The van der Waals surface area contributed by atoms with Gasteiger partial charge in [-0.2, -0.15) is 0 Å². The van der Waals surface area contributed by atoms with Gasteiger partial charge in [0.2, 0.25) is 5.89 Å². The van der Waals surface area contributed by atoms with Crippen LogP contribution >= 0.6 is 0 Å². The molecule has 0 spiro atoms. The lowest BCUT2D eigenvalue weighted by atomic mass is 10.0. The van der Waals surface area contributed by atoms with Gasteiger partial charge >= 0.3 is 5.97 Å². The van der Waals surface area contributed by atoms with Gasteiger partial charge in [-0.1, -0.05) is 30.3 Å². The number of carboxylic acid groups (broad SMARTS) is 1. The van der Waals surface area contributed by atoms with Gasteiger partial charge in [-0.25, -0.2) is 9.78 Å². The molecule has 7 nitrogen and oxygen atoms in total. The fourth-order valence-electron chi connectivity index (χ4n) is 2.89. The van der Waals surface area contributed by atoms with Gasteiger partial charge < -0.3 is 19.1 Å². The Bertz CT molecular complexity index is 1040. The first kappa shape index (κ1) is 21.1. The summed E-state index contributed by atoms with van der Waals surface area (Å²) in [4.78, 5) is 20.7. The molecule has 7 heteroatoms. The molecule has 3 rings (SSSR count). The zero-order valence-corrected chi connectivity index (χ0v) is 17.2. The van der Waals surface area contributed by atoms with E-state index in [-0.39, 0.29) is 13.2 Å². The molecule has 2 aromatic carbocycles. The van der Waals surface area contributed by atoms with E-state index < -0.39 is 5.97 Å². The highest BCUT2D eigenvalue weighted by molar-refractivity contribution is 6.00. The Hall–Kier alpha value is -3.61. The molecule has 0 unspecified atom stereocenters. The number of aryl methyl sites for hydroxylation is 2. The van der Waals surface area contributed by atoms with Crippen molar-refractivity contribution in [2.45, 2.75) is 33.8 Å². The molecule has 0 atom stereocenters. The summed E-state index contributed by atoms with van der Waals surface area (Å²) in [5.41, 5.74) is 4.09. The third kappa shape index (κ3) is 5.26. The second-order valence-corrected chi connectivity index (χ2v) is 6.72. The number of carbonyl (C=O) groups is 1. The van der Waals surface area contributed by atoms with Crippen LogP contribution in [0.4, 0.5) is 0 Å². The van der Waals surface area contributed by atoms with Crippen molar-refractivity contribution in [3.8, 4) is 17.2 Å². The van der Waals surface area contributed by atoms with Gasteiger partial charge in [0.05, 0.1) is 5.71 Å². The zero-order chi connectivity index (χ0) is 21.5. The van der Waals surface area contributed by atoms with E-state index in [0.717, 1.165) is 22.4 Å². The lowest BCUT2D eigenvalue weighted by Crippen LogP contribution is -2.10. The first-order chi connectivity index (χ1) is 14.5. The molecule has 0 bridgehead atoms. The Morgan fingerprint density at radius 3 is 2.60 bits per heavy atom. The highest BCUT2D eigenvalue weighted by atomic mass is 16.6. The minimum Gasteiger partial charge on any atom is -0.482 e. The minimum absolute atomic E-state index is 0.199. The van der Waals surface area contributed by atoms with E-state index in [1.165, 1.54) is 0 Å². The molecule has 0 saturated carbocycles. The third-order valence-corrected chi connectivity index (χ3v) is 4.48. The van der Waals surface area contributed by atoms with Crippen LogP contribution in [-0.2, 0) is 16.2 Å². The second kappa shape index (κ2) is 9.73. The molecule has 0 aliphatic carbocycles. The Kier molecular flexibility index (Phi) is 6.85. The maximum absolute atomic E-state index is 10.7. The number of oxime groups is 1. The van der Waals surface area contributed by atoms with Crippen LogP contribution in [0.15, 0.2) is 58.1 Å². The van der Waals surface area contributed by atoms with Crippen LogP contribution in [0.5, 0.6) is 5.75 Å². The predicted molar refractivity (Wildman–Crippen MR) is 113 cm³/mol. The first-order valence-corrected chi connectivity index (χ1v) is 9.64. The monoisotopic (exact) mass is 408 g/mol. The number of carboxylic acids is 1. The first-order valence-electron chi connectivity index (χ1n) is 9.64. The van der Waals surface area contributed by atoms with Crippen LogP contribution < -0.4 is 4.74 Å². The van der Waals surface area contributed by atoms with Crippen molar-refractivity contribution < 1.29 is 23.9 Å². The van der Waals surface area contributed by atoms with E-state index in [4.69, 9.17) is 19.1 Å². The van der Waals surface area contributed by atoms with Gasteiger partial charge in [0.15, 0.2) is 13.2 Å². The molecular formula is C23H24N2O5. The summed E-state index contributed by atoms with van der Waals surface area (Å²) in [7, 11) is 0. The summed E-state index contributed by atoms with van der Waals surface area (Å²) in [5.74, 6) is 0.766. The number of rotatable bonds is 9. The molecule has 1 aromatic heterocycles. The Labute approximate surface area is 175 Å². The largest absolute Gasteiger partial charge is 0.482 e. The summed E-state index contributed by atoms with van der Waals surface area (Å²) in [6.07, 6.45) is 0.668. The molecule has 0 amide bonds. The molecule has 0 aliphatic rings. The average Bonchev–Trinajstić information content (AvgIpc) is 3.11. The van der Waals surface area contributed by atoms with E-state index in [9.17, 15) is 4.79 Å². The fourth-order valence-corrected chi connectivity index (χ4v) is 2.89. The standard InChI is InChI=1S/C23H24N2O5/c1-4-19(18-10-11-21(15(2)12-18)28-14-22(26)27)25-29-13-20-16(3)30-23(24-20)17-8-6-5-7-9-17/h5-12H,4,13-14H2,1-3H3,(H,26,27)/b25-19+. The van der Waals surface area contributed by atoms with Crippen LogP contribution in [0.3, 0.4) is 0 Å². The van der Waals surface area contributed by atoms with Crippen molar-refractivity contribution in [3.05, 3.63) is 71.1 Å². The van der Waals surface area contributed by atoms with E-state index in [2.05, 4.69) is 10.1 Å². The maximum atomic E-state index is 10.7. The molecule has 30 heavy (non-hydrogen) atoms. The van der Waals surface area contributed by atoms with Crippen molar-refractivity contribution in [3.63, 3.8) is 0 Å². The van der Waals surface area contributed by atoms with Crippen LogP contribution in [0, 0.1) is 13.8 Å². The van der Waals surface area contributed by atoms with Gasteiger partial charge in [0.1, 0.15) is 17.2 Å². The smallest absolute Gasteiger partial charge is 0.341 e. The Balaban J connectivity index is 1.68. The van der Waals surface area contributed by atoms with Crippen LogP contribution in [0.1, 0.15) is 35.9 Å². The summed E-state index contributed by atoms with van der Waals surface area (Å²) in [6, 6.07) is 15.2. The summed E-state index contributed by atoms with van der Waals surface area (Å²) >= 11 is 0. The highest BCUT2D eigenvalue weighted by Crippen LogP contribution is 2.23. The second-order valence-electron chi connectivity index (χ2n) is 6.72.